The molecule has 0 saturated carbocycles. The summed E-state index contributed by atoms with van der Waals surface area (Å²) in [6, 6.07) is 15.8. The first kappa shape index (κ1) is 22.3. The standard InChI is InChI=1S/C21H25N5O4S/c1-24(2)31(29,30)17-11-7-10-16(12-17)13-25(3)18-19(22)26(21(28)23-20(18)27)14-15-8-5-4-6-9-15/h4-12H,13-14,22H2,1-3H3,(H,23,27,28). The Morgan fingerprint density at radius 1 is 0.968 bits per heavy atom. The average Bonchev–Trinajstić information content (AvgIpc) is 2.71. The first-order chi connectivity index (χ1) is 14.6. The molecular weight excluding hydrogens is 418 g/mol. The van der Waals surface area contributed by atoms with Crippen LogP contribution >= 0.6 is 0 Å². The van der Waals surface area contributed by atoms with E-state index in [1.165, 1.54) is 24.7 Å². The fourth-order valence-electron chi connectivity index (χ4n) is 3.24. The zero-order chi connectivity index (χ0) is 22.8. The van der Waals surface area contributed by atoms with Crippen molar-refractivity contribution in [2.24, 2.45) is 0 Å². The molecule has 0 fully saturated rings. The molecule has 1 aromatic heterocycles. The molecule has 0 bridgehead atoms. The highest BCUT2D eigenvalue weighted by Gasteiger charge is 2.19. The maximum absolute atomic E-state index is 12.5. The van der Waals surface area contributed by atoms with Crippen LogP contribution in [0, 0.1) is 0 Å². The van der Waals surface area contributed by atoms with Crippen molar-refractivity contribution in [2.75, 3.05) is 31.8 Å². The molecule has 2 aromatic carbocycles. The van der Waals surface area contributed by atoms with E-state index in [9.17, 15) is 18.0 Å². The van der Waals surface area contributed by atoms with Gasteiger partial charge in [-0.05, 0) is 23.3 Å². The highest BCUT2D eigenvalue weighted by atomic mass is 32.2. The Hall–Kier alpha value is -3.37. The minimum absolute atomic E-state index is 0.0390. The molecule has 3 N–H and O–H groups in total. The van der Waals surface area contributed by atoms with Gasteiger partial charge in [0.2, 0.25) is 10.0 Å². The number of H-pyrrole nitrogens is 1. The van der Waals surface area contributed by atoms with Gasteiger partial charge in [0.1, 0.15) is 11.5 Å². The van der Waals surface area contributed by atoms with Gasteiger partial charge >= 0.3 is 5.69 Å². The molecule has 0 saturated heterocycles. The van der Waals surface area contributed by atoms with Crippen LogP contribution in [-0.4, -0.2) is 43.4 Å². The number of rotatable bonds is 7. The Kier molecular flexibility index (Phi) is 6.32. The smallest absolute Gasteiger partial charge is 0.330 e. The monoisotopic (exact) mass is 443 g/mol. The summed E-state index contributed by atoms with van der Waals surface area (Å²) in [5, 5.41) is 0. The van der Waals surface area contributed by atoms with E-state index in [-0.39, 0.29) is 29.5 Å². The maximum Gasteiger partial charge on any atom is 0.330 e. The quantitative estimate of drug-likeness (QED) is 0.563. The molecule has 9 nitrogen and oxygen atoms in total. The molecule has 3 aromatic rings. The van der Waals surface area contributed by atoms with Crippen molar-refractivity contribution in [2.45, 2.75) is 18.0 Å². The third-order valence-corrected chi connectivity index (χ3v) is 6.69. The molecule has 0 amide bonds. The normalized spacial score (nSPS) is 11.6. The number of aromatic nitrogens is 2. The Labute approximate surface area is 180 Å². The SMILES string of the molecule is CN(Cc1cccc(S(=O)(=O)N(C)C)c1)c1c(N)n(Cc2ccccc2)c(=O)[nH]c1=O. The molecule has 0 spiro atoms. The van der Waals surface area contributed by atoms with E-state index in [1.807, 2.05) is 30.3 Å². The Morgan fingerprint density at radius 3 is 2.26 bits per heavy atom. The number of nitrogen functional groups attached to an aromatic ring is 1. The highest BCUT2D eigenvalue weighted by Crippen LogP contribution is 2.20. The van der Waals surface area contributed by atoms with Crippen LogP contribution in [0.15, 0.2) is 69.1 Å². The largest absolute Gasteiger partial charge is 0.383 e. The fraction of sp³-hybridized carbons (Fsp3) is 0.238. The number of hydrogen-bond donors (Lipinski definition) is 2. The van der Waals surface area contributed by atoms with E-state index in [0.29, 0.717) is 5.56 Å². The van der Waals surface area contributed by atoms with Crippen LogP contribution in [0.2, 0.25) is 0 Å². The first-order valence-corrected chi connectivity index (χ1v) is 10.9. The molecule has 0 aliphatic rings. The minimum atomic E-state index is -3.59. The van der Waals surface area contributed by atoms with Gasteiger partial charge in [-0.15, -0.1) is 0 Å². The summed E-state index contributed by atoms with van der Waals surface area (Å²) in [7, 11) is 0.997. The molecule has 0 unspecified atom stereocenters. The molecular formula is C21H25N5O4S. The second-order valence-electron chi connectivity index (χ2n) is 7.36. The van der Waals surface area contributed by atoms with Crippen molar-refractivity contribution in [1.29, 1.82) is 0 Å². The molecule has 31 heavy (non-hydrogen) atoms. The average molecular weight is 444 g/mol. The molecule has 0 aliphatic heterocycles. The summed E-state index contributed by atoms with van der Waals surface area (Å²) in [6.07, 6.45) is 0. The molecule has 0 radical (unpaired) electrons. The lowest BCUT2D eigenvalue weighted by molar-refractivity contribution is 0.520. The van der Waals surface area contributed by atoms with E-state index in [1.54, 1.807) is 30.1 Å². The minimum Gasteiger partial charge on any atom is -0.383 e. The third kappa shape index (κ3) is 4.70. The van der Waals surface area contributed by atoms with E-state index in [2.05, 4.69) is 4.98 Å². The Bertz CT molecular complexity index is 1300. The van der Waals surface area contributed by atoms with Gasteiger partial charge in [0.25, 0.3) is 5.56 Å². The number of nitrogens with two attached hydrogens (primary N) is 1. The van der Waals surface area contributed by atoms with E-state index >= 15 is 0 Å². The van der Waals surface area contributed by atoms with Crippen molar-refractivity contribution in [3.63, 3.8) is 0 Å². The summed E-state index contributed by atoms with van der Waals surface area (Å²) in [5.74, 6) is 0.0390. The molecule has 0 aliphatic carbocycles. The van der Waals surface area contributed by atoms with Crippen molar-refractivity contribution < 1.29 is 8.42 Å². The second kappa shape index (κ2) is 8.78. The van der Waals surface area contributed by atoms with Gasteiger partial charge in [-0.1, -0.05) is 42.5 Å². The van der Waals surface area contributed by atoms with Crippen molar-refractivity contribution in [1.82, 2.24) is 13.9 Å². The van der Waals surface area contributed by atoms with Crippen LogP contribution in [0.4, 0.5) is 11.5 Å². The number of hydrogen-bond acceptors (Lipinski definition) is 6. The van der Waals surface area contributed by atoms with E-state index in [4.69, 9.17) is 5.73 Å². The van der Waals surface area contributed by atoms with Crippen molar-refractivity contribution >= 4 is 21.5 Å². The van der Waals surface area contributed by atoms with Gasteiger partial charge in [-0.3, -0.25) is 14.3 Å². The van der Waals surface area contributed by atoms with Crippen LogP contribution in [0.3, 0.4) is 0 Å². The van der Waals surface area contributed by atoms with Crippen LogP contribution in [0.25, 0.3) is 0 Å². The Morgan fingerprint density at radius 2 is 1.61 bits per heavy atom. The van der Waals surface area contributed by atoms with Crippen molar-refractivity contribution in [3.8, 4) is 0 Å². The summed E-state index contributed by atoms with van der Waals surface area (Å²) in [4.78, 5) is 28.9. The lowest BCUT2D eigenvalue weighted by Gasteiger charge is -2.22. The summed E-state index contributed by atoms with van der Waals surface area (Å²) in [6.45, 7) is 0.424. The molecule has 1 heterocycles. The van der Waals surface area contributed by atoms with Crippen LogP contribution in [0.1, 0.15) is 11.1 Å². The zero-order valence-electron chi connectivity index (χ0n) is 17.6. The topological polar surface area (TPSA) is 121 Å². The maximum atomic E-state index is 12.5. The number of sulfonamides is 1. The van der Waals surface area contributed by atoms with E-state index in [0.717, 1.165) is 9.87 Å². The van der Waals surface area contributed by atoms with Crippen LogP contribution in [-0.2, 0) is 23.1 Å². The summed E-state index contributed by atoms with van der Waals surface area (Å²) >= 11 is 0. The van der Waals surface area contributed by atoms with Crippen LogP contribution < -0.4 is 21.9 Å². The molecule has 10 heteroatoms. The number of benzene rings is 2. The lowest BCUT2D eigenvalue weighted by Crippen LogP contribution is -2.37. The first-order valence-electron chi connectivity index (χ1n) is 9.50. The number of nitrogens with zero attached hydrogens (tertiary/aromatic N) is 3. The van der Waals surface area contributed by atoms with Gasteiger partial charge < -0.3 is 10.6 Å². The predicted octanol–water partition coefficient (Wildman–Crippen LogP) is 1.05. The Balaban J connectivity index is 1.96. The molecule has 0 atom stereocenters. The highest BCUT2D eigenvalue weighted by molar-refractivity contribution is 7.89. The van der Waals surface area contributed by atoms with Gasteiger partial charge in [0.15, 0.2) is 0 Å². The zero-order valence-corrected chi connectivity index (χ0v) is 18.4. The van der Waals surface area contributed by atoms with Gasteiger partial charge in [0.05, 0.1) is 11.4 Å². The fourth-order valence-corrected chi connectivity index (χ4v) is 4.21. The summed E-state index contributed by atoms with van der Waals surface area (Å²) < 4.78 is 27.2. The lowest BCUT2D eigenvalue weighted by atomic mass is 10.2. The molecule has 3 rings (SSSR count). The third-order valence-electron chi connectivity index (χ3n) is 4.88. The number of aromatic amines is 1. The van der Waals surface area contributed by atoms with Crippen molar-refractivity contribution in [3.05, 3.63) is 86.6 Å². The van der Waals surface area contributed by atoms with Gasteiger partial charge in [-0.25, -0.2) is 17.5 Å². The summed E-state index contributed by atoms with van der Waals surface area (Å²) in [5.41, 5.74) is 6.69. The van der Waals surface area contributed by atoms with Gasteiger partial charge in [-0.2, -0.15) is 0 Å². The molecule has 164 valence electrons. The second-order valence-corrected chi connectivity index (χ2v) is 9.51. The predicted molar refractivity (Wildman–Crippen MR) is 121 cm³/mol. The van der Waals surface area contributed by atoms with E-state index < -0.39 is 21.3 Å². The van der Waals surface area contributed by atoms with Crippen LogP contribution in [0.5, 0.6) is 0 Å². The van der Waals surface area contributed by atoms with Gasteiger partial charge in [0, 0.05) is 27.7 Å². The number of nitrogens with one attached hydrogen (secondary N) is 1. The number of anilines is 2.